The molecule has 0 bridgehead atoms. The number of hydrogen-bond acceptors (Lipinski definition) is 1. The maximum Gasteiger partial charge on any atom is 0.253 e. The Morgan fingerprint density at radius 1 is 1.12 bits per heavy atom. The van der Waals surface area contributed by atoms with Gasteiger partial charge in [-0.2, -0.15) is 0 Å². The Kier molecular flexibility index (Phi) is 5.22. The molecule has 1 aliphatic heterocycles. The molecule has 2 nitrogen and oxygen atoms in total. The highest BCUT2D eigenvalue weighted by molar-refractivity contribution is 6.42. The summed E-state index contributed by atoms with van der Waals surface area (Å²) < 4.78 is 0. The molecule has 122 valence electrons. The van der Waals surface area contributed by atoms with Gasteiger partial charge in [-0.15, -0.1) is 0 Å². The highest BCUT2D eigenvalue weighted by atomic mass is 35.5. The van der Waals surface area contributed by atoms with Gasteiger partial charge in [0.15, 0.2) is 0 Å². The normalized spacial score (nSPS) is 20.8. The predicted molar refractivity (Wildman–Crippen MR) is 100 cm³/mol. The van der Waals surface area contributed by atoms with Crippen LogP contribution in [0.3, 0.4) is 0 Å². The first-order valence-corrected chi connectivity index (χ1v) is 8.81. The monoisotopic (exact) mass is 357 g/mol. The summed E-state index contributed by atoms with van der Waals surface area (Å²) in [4.78, 5) is 14.7. The van der Waals surface area contributed by atoms with E-state index >= 15 is 0 Å². The fourth-order valence-electron chi connectivity index (χ4n) is 3.41. The third-order valence-corrected chi connectivity index (χ3v) is 5.55. The zero-order valence-electron chi connectivity index (χ0n) is 13.3. The van der Waals surface area contributed by atoms with Gasteiger partial charge in [0.25, 0.3) is 5.91 Å². The Morgan fingerprint density at radius 2 is 1.88 bits per heavy atom. The molecule has 1 atom stereocenters. The Hall–Kier alpha value is -1.45. The molecular weight excluding hydrogens is 340 g/mol. The van der Waals surface area contributed by atoms with Gasteiger partial charge < -0.3 is 4.90 Å². The summed E-state index contributed by atoms with van der Waals surface area (Å²) in [6.07, 6.45) is 2.31. The number of rotatable bonds is 3. The van der Waals surface area contributed by atoms with Crippen LogP contribution in [-0.2, 0) is 5.41 Å². The van der Waals surface area contributed by atoms with Crippen molar-refractivity contribution in [3.05, 3.63) is 69.7 Å². The fourth-order valence-corrected chi connectivity index (χ4v) is 3.71. The van der Waals surface area contributed by atoms with Crippen molar-refractivity contribution in [3.8, 4) is 0 Å². The van der Waals surface area contributed by atoms with Gasteiger partial charge >= 0.3 is 0 Å². The molecule has 3 rings (SSSR count). The van der Waals surface area contributed by atoms with Crippen molar-refractivity contribution in [1.82, 2.24) is 4.90 Å². The van der Waals surface area contributed by atoms with Crippen LogP contribution in [0.4, 0.5) is 0 Å². The summed E-state index contributed by atoms with van der Waals surface area (Å²) in [7, 11) is 6.15. The first-order chi connectivity index (χ1) is 11.6. The van der Waals surface area contributed by atoms with Crippen molar-refractivity contribution in [2.45, 2.75) is 24.6 Å². The van der Waals surface area contributed by atoms with E-state index < -0.39 is 0 Å². The van der Waals surface area contributed by atoms with Gasteiger partial charge in [-0.05, 0) is 42.7 Å². The molecule has 0 saturated carbocycles. The van der Waals surface area contributed by atoms with Crippen molar-refractivity contribution in [2.75, 3.05) is 13.1 Å². The Morgan fingerprint density at radius 3 is 2.54 bits per heavy atom. The molecule has 2 aromatic rings. The molecule has 1 unspecified atom stereocenters. The van der Waals surface area contributed by atoms with Crippen molar-refractivity contribution in [1.29, 1.82) is 0 Å². The van der Waals surface area contributed by atoms with Crippen LogP contribution in [0.25, 0.3) is 0 Å². The zero-order chi connectivity index (χ0) is 17.2. The van der Waals surface area contributed by atoms with Crippen LogP contribution in [0.5, 0.6) is 0 Å². The number of piperidine rings is 1. The van der Waals surface area contributed by atoms with E-state index in [0.29, 0.717) is 28.5 Å². The third kappa shape index (κ3) is 3.33. The summed E-state index contributed by atoms with van der Waals surface area (Å²) >= 11 is 12.2. The average molecular weight is 358 g/mol. The highest BCUT2D eigenvalue weighted by Crippen LogP contribution is 2.39. The molecule has 1 heterocycles. The van der Waals surface area contributed by atoms with Crippen LogP contribution in [0.2, 0.25) is 16.4 Å². The predicted octanol–water partition coefficient (Wildman–Crippen LogP) is 4.75. The van der Waals surface area contributed by atoms with Gasteiger partial charge in [0, 0.05) is 24.1 Å². The Labute approximate surface area is 154 Å². The molecule has 1 saturated heterocycles. The lowest BCUT2D eigenvalue weighted by Gasteiger charge is -2.43. The number of carbonyl (C=O) groups is 1. The maximum atomic E-state index is 12.8. The van der Waals surface area contributed by atoms with Crippen LogP contribution in [0, 0.1) is 0 Å². The smallest absolute Gasteiger partial charge is 0.253 e. The average Bonchev–Trinajstić information content (AvgIpc) is 2.64. The second-order valence-corrected chi connectivity index (χ2v) is 7.12. The van der Waals surface area contributed by atoms with Crippen LogP contribution in [0.15, 0.2) is 48.5 Å². The van der Waals surface area contributed by atoms with Gasteiger partial charge in [0.2, 0.25) is 0 Å². The number of likely N-dealkylation sites (tertiary alicyclic amines) is 1. The maximum absolute atomic E-state index is 12.8. The number of nitrogens with zero attached hydrogens (tertiary/aromatic N) is 1. The minimum Gasteiger partial charge on any atom is -0.338 e. The highest BCUT2D eigenvalue weighted by Gasteiger charge is 2.37. The molecule has 2 radical (unpaired) electrons. The second kappa shape index (κ2) is 7.20. The third-order valence-electron chi connectivity index (χ3n) is 4.81. The second-order valence-electron chi connectivity index (χ2n) is 6.31. The summed E-state index contributed by atoms with van der Waals surface area (Å²) in [6, 6.07) is 15.0. The minimum atomic E-state index is -0.281. The Balaban J connectivity index is 1.89. The lowest BCUT2D eigenvalue weighted by molar-refractivity contribution is 0.0651. The van der Waals surface area contributed by atoms with Gasteiger partial charge in [0.1, 0.15) is 0 Å². The van der Waals surface area contributed by atoms with Crippen LogP contribution < -0.4 is 0 Å². The molecule has 0 N–H and O–H groups in total. The molecule has 2 aromatic carbocycles. The van der Waals surface area contributed by atoms with Crippen molar-refractivity contribution < 1.29 is 4.79 Å². The van der Waals surface area contributed by atoms with E-state index in [4.69, 9.17) is 31.0 Å². The van der Waals surface area contributed by atoms with E-state index in [1.165, 1.54) is 0 Å². The summed E-state index contributed by atoms with van der Waals surface area (Å²) in [6.45, 7) is 1.34. The molecule has 24 heavy (non-hydrogen) atoms. The SMILES string of the molecule is [B]CC1(c2ccc(Cl)c(Cl)c2)CCCN(C(=O)c2ccccc2)C1. The first kappa shape index (κ1) is 17.4. The number of benzene rings is 2. The molecule has 1 aliphatic rings. The lowest BCUT2D eigenvalue weighted by Crippen LogP contribution is -2.48. The van der Waals surface area contributed by atoms with Crippen molar-refractivity contribution in [2.24, 2.45) is 0 Å². The van der Waals surface area contributed by atoms with Crippen LogP contribution >= 0.6 is 23.2 Å². The van der Waals surface area contributed by atoms with E-state index in [1.54, 1.807) is 6.07 Å². The van der Waals surface area contributed by atoms with Crippen molar-refractivity contribution in [3.63, 3.8) is 0 Å². The Bertz CT molecular complexity index is 737. The quantitative estimate of drug-likeness (QED) is 0.725. The summed E-state index contributed by atoms with van der Waals surface area (Å²) in [5.74, 6) is 0.0492. The van der Waals surface area contributed by atoms with Gasteiger partial charge in [-0.1, -0.05) is 53.8 Å². The van der Waals surface area contributed by atoms with E-state index in [0.717, 1.165) is 24.9 Å². The first-order valence-electron chi connectivity index (χ1n) is 8.06. The number of halogens is 2. The van der Waals surface area contributed by atoms with E-state index in [2.05, 4.69) is 0 Å². The van der Waals surface area contributed by atoms with E-state index in [-0.39, 0.29) is 11.3 Å². The number of carbonyl (C=O) groups excluding carboxylic acids is 1. The molecule has 0 spiro atoms. The molecule has 0 aliphatic carbocycles. The molecule has 5 heteroatoms. The fraction of sp³-hybridized carbons (Fsp3) is 0.316. The molecular formula is C19H18BCl2NO. The van der Waals surface area contributed by atoms with Crippen LogP contribution in [0.1, 0.15) is 28.8 Å². The minimum absolute atomic E-state index is 0.0492. The summed E-state index contributed by atoms with van der Waals surface area (Å²) in [5.41, 5.74) is 1.47. The summed E-state index contributed by atoms with van der Waals surface area (Å²) in [5, 5.41) is 1.05. The van der Waals surface area contributed by atoms with Gasteiger partial charge in [-0.25, -0.2) is 0 Å². The van der Waals surface area contributed by atoms with Crippen LogP contribution in [-0.4, -0.2) is 31.7 Å². The van der Waals surface area contributed by atoms with Gasteiger partial charge in [-0.3, -0.25) is 4.79 Å². The van der Waals surface area contributed by atoms with E-state index in [9.17, 15) is 4.79 Å². The standard InChI is InChI=1S/C19H18BCl2NO/c20-12-19(15-7-8-16(21)17(22)11-15)9-4-10-23(13-19)18(24)14-5-2-1-3-6-14/h1-3,5-8,11H,4,9-10,12-13H2. The molecule has 1 amide bonds. The number of hydrogen-bond donors (Lipinski definition) is 0. The largest absolute Gasteiger partial charge is 0.338 e. The van der Waals surface area contributed by atoms with Crippen molar-refractivity contribution >= 4 is 37.0 Å². The molecule has 0 aromatic heterocycles. The zero-order valence-corrected chi connectivity index (χ0v) is 14.9. The lowest BCUT2D eigenvalue weighted by atomic mass is 9.66. The molecule has 1 fully saturated rings. The topological polar surface area (TPSA) is 20.3 Å². The van der Waals surface area contributed by atoms with Gasteiger partial charge in [0.05, 0.1) is 17.9 Å². The number of amides is 1. The van der Waals surface area contributed by atoms with E-state index in [1.807, 2.05) is 47.4 Å².